The van der Waals surface area contributed by atoms with Crippen LogP contribution in [0, 0.1) is 0 Å². The number of imidazole rings is 1. The highest BCUT2D eigenvalue weighted by Crippen LogP contribution is 2.33. The molecule has 1 saturated carbocycles. The third kappa shape index (κ3) is 2.47. The zero-order chi connectivity index (χ0) is 13.4. The first kappa shape index (κ1) is 13.2. The molecule has 3 rings (SSSR count). The average molecular weight is 299 g/mol. The molecule has 3 nitrogen and oxygen atoms in total. The fraction of sp³-hybridized carbons (Fsp3) is 0.500. The molecule has 1 N–H and O–H groups in total. The van der Waals surface area contributed by atoms with Gasteiger partial charge in [-0.15, -0.1) is 11.6 Å². The number of fused-ring (bicyclic) bond motifs is 1. The van der Waals surface area contributed by atoms with Crippen molar-refractivity contribution in [1.82, 2.24) is 9.55 Å². The lowest BCUT2D eigenvalue weighted by Crippen LogP contribution is -2.22. The Morgan fingerprint density at radius 2 is 2.00 bits per heavy atom. The average Bonchev–Trinajstić information content (AvgIpc) is 2.77. The molecule has 0 unspecified atom stereocenters. The van der Waals surface area contributed by atoms with Crippen molar-refractivity contribution in [2.24, 2.45) is 0 Å². The maximum absolute atomic E-state index is 9.63. The molecule has 1 heterocycles. The van der Waals surface area contributed by atoms with Gasteiger partial charge in [0.1, 0.15) is 5.82 Å². The number of benzene rings is 1. The van der Waals surface area contributed by atoms with Gasteiger partial charge in [0.25, 0.3) is 0 Å². The minimum atomic E-state index is -0.153. The molecule has 2 aromatic rings. The molecule has 0 radical (unpaired) electrons. The van der Waals surface area contributed by atoms with Gasteiger partial charge >= 0.3 is 0 Å². The smallest absolute Gasteiger partial charge is 0.125 e. The molecular formula is C14H16Cl2N2O. The van der Waals surface area contributed by atoms with Gasteiger partial charge in [0.05, 0.1) is 23.0 Å². The number of halogens is 2. The summed E-state index contributed by atoms with van der Waals surface area (Å²) in [4.78, 5) is 4.57. The van der Waals surface area contributed by atoms with E-state index >= 15 is 0 Å². The second kappa shape index (κ2) is 5.31. The van der Waals surface area contributed by atoms with E-state index < -0.39 is 0 Å². The van der Waals surface area contributed by atoms with Crippen molar-refractivity contribution in [1.29, 1.82) is 0 Å². The Balaban J connectivity index is 2.05. The van der Waals surface area contributed by atoms with E-state index in [4.69, 9.17) is 23.2 Å². The monoisotopic (exact) mass is 298 g/mol. The van der Waals surface area contributed by atoms with Crippen molar-refractivity contribution in [3.8, 4) is 0 Å². The second-order valence-electron chi connectivity index (χ2n) is 5.13. The van der Waals surface area contributed by atoms with Gasteiger partial charge in [-0.1, -0.05) is 11.6 Å². The lowest BCUT2D eigenvalue weighted by atomic mass is 9.93. The first-order valence-electron chi connectivity index (χ1n) is 6.59. The van der Waals surface area contributed by atoms with Crippen LogP contribution in [0.2, 0.25) is 5.02 Å². The quantitative estimate of drug-likeness (QED) is 0.854. The van der Waals surface area contributed by atoms with Crippen LogP contribution in [0.1, 0.15) is 37.5 Å². The molecule has 1 fully saturated rings. The highest BCUT2D eigenvalue weighted by atomic mass is 35.5. The molecule has 0 saturated heterocycles. The molecule has 1 aromatic carbocycles. The van der Waals surface area contributed by atoms with Gasteiger partial charge in [0.15, 0.2) is 0 Å². The summed E-state index contributed by atoms with van der Waals surface area (Å²) in [5, 5.41) is 10.3. The van der Waals surface area contributed by atoms with Crippen LogP contribution in [0.25, 0.3) is 11.0 Å². The summed E-state index contributed by atoms with van der Waals surface area (Å²) in [5.74, 6) is 1.28. The zero-order valence-corrected chi connectivity index (χ0v) is 12.0. The van der Waals surface area contributed by atoms with E-state index in [1.54, 1.807) is 0 Å². The fourth-order valence-electron chi connectivity index (χ4n) is 2.94. The van der Waals surface area contributed by atoms with Crippen LogP contribution in [0.4, 0.5) is 0 Å². The van der Waals surface area contributed by atoms with Crippen LogP contribution in [-0.4, -0.2) is 20.8 Å². The number of aliphatic hydroxyl groups is 1. The van der Waals surface area contributed by atoms with Crippen LogP contribution >= 0.6 is 23.2 Å². The van der Waals surface area contributed by atoms with Crippen molar-refractivity contribution < 1.29 is 5.11 Å². The minimum Gasteiger partial charge on any atom is -0.393 e. The SMILES string of the molecule is OC1CCC(n2c(CCl)nc3cc(Cl)ccc32)CC1. The topological polar surface area (TPSA) is 38.0 Å². The van der Waals surface area contributed by atoms with E-state index in [-0.39, 0.29) is 6.10 Å². The first-order chi connectivity index (χ1) is 9.19. The molecule has 1 aliphatic carbocycles. The molecule has 102 valence electrons. The predicted octanol–water partition coefficient (Wildman–Crippen LogP) is 3.90. The van der Waals surface area contributed by atoms with Crippen LogP contribution in [-0.2, 0) is 5.88 Å². The molecule has 1 aromatic heterocycles. The summed E-state index contributed by atoms with van der Waals surface area (Å²) in [5.41, 5.74) is 1.98. The third-order valence-corrected chi connectivity index (χ3v) is 4.35. The minimum absolute atomic E-state index is 0.153. The van der Waals surface area contributed by atoms with Crippen LogP contribution < -0.4 is 0 Å². The predicted molar refractivity (Wildman–Crippen MR) is 77.8 cm³/mol. The van der Waals surface area contributed by atoms with Gasteiger partial charge in [-0.05, 0) is 43.9 Å². The molecular weight excluding hydrogens is 283 g/mol. The van der Waals surface area contributed by atoms with Gasteiger partial charge in [-0.2, -0.15) is 0 Å². The van der Waals surface area contributed by atoms with Gasteiger partial charge < -0.3 is 9.67 Å². The Kier molecular flexibility index (Phi) is 3.70. The van der Waals surface area contributed by atoms with Gasteiger partial charge in [0.2, 0.25) is 0 Å². The second-order valence-corrected chi connectivity index (χ2v) is 5.83. The molecule has 0 amide bonds. The number of rotatable bonds is 2. The van der Waals surface area contributed by atoms with Gasteiger partial charge in [-0.25, -0.2) is 4.98 Å². The van der Waals surface area contributed by atoms with Gasteiger partial charge in [0, 0.05) is 11.1 Å². The first-order valence-corrected chi connectivity index (χ1v) is 7.50. The Morgan fingerprint density at radius 3 is 2.68 bits per heavy atom. The van der Waals surface area contributed by atoms with Crippen molar-refractivity contribution in [2.75, 3.05) is 0 Å². The summed E-state index contributed by atoms with van der Waals surface area (Å²) >= 11 is 12.0. The highest BCUT2D eigenvalue weighted by Gasteiger charge is 2.24. The third-order valence-electron chi connectivity index (χ3n) is 3.88. The van der Waals surface area contributed by atoms with Crippen LogP contribution in [0.3, 0.4) is 0 Å². The van der Waals surface area contributed by atoms with E-state index in [2.05, 4.69) is 9.55 Å². The Morgan fingerprint density at radius 1 is 1.26 bits per heavy atom. The number of nitrogens with zero attached hydrogens (tertiary/aromatic N) is 2. The van der Waals surface area contributed by atoms with Crippen molar-refractivity contribution in [3.63, 3.8) is 0 Å². The largest absolute Gasteiger partial charge is 0.393 e. The maximum atomic E-state index is 9.63. The van der Waals surface area contributed by atoms with Crippen LogP contribution in [0.15, 0.2) is 18.2 Å². The van der Waals surface area contributed by atoms with Crippen molar-refractivity contribution in [3.05, 3.63) is 29.0 Å². The van der Waals surface area contributed by atoms with Crippen molar-refractivity contribution >= 4 is 34.2 Å². The van der Waals surface area contributed by atoms with E-state index in [9.17, 15) is 5.11 Å². The zero-order valence-electron chi connectivity index (χ0n) is 10.5. The van der Waals surface area contributed by atoms with Gasteiger partial charge in [-0.3, -0.25) is 0 Å². The summed E-state index contributed by atoms with van der Waals surface area (Å²) in [7, 11) is 0. The van der Waals surface area contributed by atoms with E-state index in [1.807, 2.05) is 18.2 Å². The maximum Gasteiger partial charge on any atom is 0.125 e. The Hall–Kier alpha value is -0.770. The lowest BCUT2D eigenvalue weighted by molar-refractivity contribution is 0.111. The summed E-state index contributed by atoms with van der Waals surface area (Å²) in [6, 6.07) is 6.15. The highest BCUT2D eigenvalue weighted by molar-refractivity contribution is 6.31. The molecule has 0 atom stereocenters. The van der Waals surface area contributed by atoms with E-state index in [0.717, 1.165) is 42.5 Å². The molecule has 0 aliphatic heterocycles. The van der Waals surface area contributed by atoms with E-state index in [0.29, 0.717) is 16.9 Å². The molecule has 1 aliphatic rings. The van der Waals surface area contributed by atoms with Crippen LogP contribution in [0.5, 0.6) is 0 Å². The molecule has 0 spiro atoms. The molecule has 0 bridgehead atoms. The molecule has 5 heteroatoms. The normalized spacial score (nSPS) is 23.9. The Bertz CT molecular complexity index is 588. The summed E-state index contributed by atoms with van der Waals surface area (Å²) in [6.07, 6.45) is 3.48. The number of alkyl halides is 1. The summed E-state index contributed by atoms with van der Waals surface area (Å²) < 4.78 is 2.23. The standard InChI is InChI=1S/C14H16Cl2N2O/c15-8-14-17-12-7-9(16)1-6-13(12)18(14)10-2-4-11(19)5-3-10/h1,6-7,10-11,19H,2-5,8H2. The van der Waals surface area contributed by atoms with Crippen molar-refractivity contribution in [2.45, 2.75) is 43.7 Å². The number of aromatic nitrogens is 2. The fourth-order valence-corrected chi connectivity index (χ4v) is 3.29. The Labute approximate surface area is 122 Å². The number of hydrogen-bond donors (Lipinski definition) is 1. The van der Waals surface area contributed by atoms with E-state index in [1.165, 1.54) is 0 Å². The molecule has 19 heavy (non-hydrogen) atoms. The number of aliphatic hydroxyl groups excluding tert-OH is 1. The lowest BCUT2D eigenvalue weighted by Gasteiger charge is -2.28. The summed E-state index contributed by atoms with van der Waals surface area (Å²) in [6.45, 7) is 0. The number of hydrogen-bond acceptors (Lipinski definition) is 2.